The number of benzene rings is 5. The molecular formula is C50H49FN6O8. The third kappa shape index (κ3) is 11.1. The Morgan fingerprint density at radius 1 is 0.769 bits per heavy atom. The Kier molecular flexibility index (Phi) is 13.7. The fourth-order valence-corrected chi connectivity index (χ4v) is 7.22. The molecule has 0 atom stereocenters. The maximum absolute atomic E-state index is 13.3. The molecule has 15 heteroatoms. The molecule has 0 aliphatic heterocycles. The minimum Gasteiger partial charge on any atom is -0.508 e. The molecule has 0 unspecified atom stereocenters. The van der Waals surface area contributed by atoms with Crippen LogP contribution in [0.1, 0.15) is 83.7 Å². The number of halogens is 1. The normalized spacial score (nSPS) is 12.6. The van der Waals surface area contributed by atoms with Crippen molar-refractivity contribution in [2.24, 2.45) is 5.41 Å². The van der Waals surface area contributed by atoms with E-state index in [1.54, 1.807) is 86.0 Å². The van der Waals surface area contributed by atoms with Crippen molar-refractivity contribution in [3.63, 3.8) is 0 Å². The van der Waals surface area contributed by atoms with Crippen LogP contribution < -0.4 is 26.0 Å². The van der Waals surface area contributed by atoms with E-state index < -0.39 is 29.0 Å². The van der Waals surface area contributed by atoms with Crippen molar-refractivity contribution in [1.29, 1.82) is 0 Å². The van der Waals surface area contributed by atoms with Crippen LogP contribution in [0.25, 0.3) is 10.9 Å². The third-order valence-corrected chi connectivity index (χ3v) is 11.1. The number of fused-ring (bicyclic) bond motifs is 1. The number of phenolic OH excluding ortho intramolecular Hbond substituents is 2. The Morgan fingerprint density at radius 2 is 1.42 bits per heavy atom. The Morgan fingerprint density at radius 3 is 2.06 bits per heavy atom. The number of nitrogens with one attached hydrogen (secondary N) is 4. The maximum atomic E-state index is 13.3. The molecule has 0 spiro atoms. The zero-order valence-corrected chi connectivity index (χ0v) is 36.1. The van der Waals surface area contributed by atoms with Gasteiger partial charge >= 0.3 is 0 Å². The monoisotopic (exact) mass is 880 g/mol. The molecule has 5 amide bonds. The number of nitrogens with zero attached hydrogens (tertiary/aromatic N) is 2. The van der Waals surface area contributed by atoms with Crippen molar-refractivity contribution in [3.05, 3.63) is 143 Å². The molecule has 7 rings (SSSR count). The van der Waals surface area contributed by atoms with Crippen molar-refractivity contribution < 1.29 is 43.3 Å². The van der Waals surface area contributed by atoms with Gasteiger partial charge in [0, 0.05) is 66.8 Å². The van der Waals surface area contributed by atoms with E-state index in [4.69, 9.17) is 4.74 Å². The van der Waals surface area contributed by atoms with E-state index in [9.17, 15) is 38.6 Å². The number of ether oxygens (including phenoxy) is 1. The van der Waals surface area contributed by atoms with E-state index in [1.165, 1.54) is 41.3 Å². The van der Waals surface area contributed by atoms with E-state index in [0.29, 0.717) is 82.8 Å². The molecule has 1 aliphatic rings. The summed E-state index contributed by atoms with van der Waals surface area (Å²) in [5.41, 5.74) is 2.79. The average molecular weight is 881 g/mol. The van der Waals surface area contributed by atoms with Gasteiger partial charge in [0.25, 0.3) is 11.8 Å². The van der Waals surface area contributed by atoms with E-state index in [1.807, 2.05) is 13.8 Å². The van der Waals surface area contributed by atoms with Gasteiger partial charge in [0.15, 0.2) is 0 Å². The van der Waals surface area contributed by atoms with Crippen LogP contribution in [0, 0.1) is 11.2 Å². The van der Waals surface area contributed by atoms with Gasteiger partial charge in [-0.25, -0.2) is 4.39 Å². The number of anilines is 3. The fourth-order valence-electron chi connectivity index (χ4n) is 7.22. The van der Waals surface area contributed by atoms with Crippen LogP contribution >= 0.6 is 0 Å². The van der Waals surface area contributed by atoms with E-state index in [-0.39, 0.29) is 47.8 Å². The first-order valence-corrected chi connectivity index (χ1v) is 21.2. The van der Waals surface area contributed by atoms with Gasteiger partial charge in [0.1, 0.15) is 34.2 Å². The van der Waals surface area contributed by atoms with Crippen molar-refractivity contribution >= 4 is 57.5 Å². The molecule has 0 saturated heterocycles. The zero-order chi connectivity index (χ0) is 46.3. The summed E-state index contributed by atoms with van der Waals surface area (Å²) in [5.74, 6) is -1.59. The summed E-state index contributed by atoms with van der Waals surface area (Å²) >= 11 is 0. The summed E-state index contributed by atoms with van der Waals surface area (Å²) in [5, 5.41) is 32.4. The molecule has 14 nitrogen and oxygen atoms in total. The van der Waals surface area contributed by atoms with Gasteiger partial charge in [0.05, 0.1) is 11.1 Å². The Labute approximate surface area is 374 Å². The number of carbonyl (C=O) groups excluding carboxylic acids is 5. The molecule has 1 saturated carbocycles. The first kappa shape index (κ1) is 45.2. The molecule has 6 N–H and O–H groups in total. The van der Waals surface area contributed by atoms with Crippen molar-refractivity contribution in [2.45, 2.75) is 58.4 Å². The van der Waals surface area contributed by atoms with Crippen LogP contribution in [0.15, 0.2) is 115 Å². The summed E-state index contributed by atoms with van der Waals surface area (Å²) in [4.78, 5) is 70.8. The summed E-state index contributed by atoms with van der Waals surface area (Å²) < 4.78 is 19.5. The molecule has 1 heterocycles. The quantitative estimate of drug-likeness (QED) is 0.0383. The second kappa shape index (κ2) is 19.7. The number of hydrogen-bond acceptors (Lipinski definition) is 9. The minimum absolute atomic E-state index is 0.0437. The van der Waals surface area contributed by atoms with Crippen LogP contribution in [0.5, 0.6) is 23.0 Å². The van der Waals surface area contributed by atoms with Gasteiger partial charge in [-0.3, -0.25) is 29.0 Å². The van der Waals surface area contributed by atoms with Crippen LogP contribution in [0.4, 0.5) is 21.5 Å². The summed E-state index contributed by atoms with van der Waals surface area (Å²) in [7, 11) is 1.61. The van der Waals surface area contributed by atoms with Gasteiger partial charge in [-0.2, -0.15) is 0 Å². The molecule has 0 radical (unpaired) electrons. The van der Waals surface area contributed by atoms with Gasteiger partial charge in [-0.15, -0.1) is 0 Å². The number of aromatic nitrogens is 1. The number of amides is 5. The Hall–Kier alpha value is -7.81. The summed E-state index contributed by atoms with van der Waals surface area (Å²) in [6.45, 7) is 4.37. The lowest BCUT2D eigenvalue weighted by Gasteiger charge is -2.19. The van der Waals surface area contributed by atoms with E-state index in [0.717, 1.165) is 5.56 Å². The lowest BCUT2D eigenvalue weighted by atomic mass is 9.98. The van der Waals surface area contributed by atoms with Crippen molar-refractivity contribution in [1.82, 2.24) is 15.2 Å². The SMILES string of the molecule is CC(C)c1cc(C(=O)N(C)Cc2ccc(C(=O)NCCCCC(=O)Nc3ccc4nccc(Oc5ccc(NC(=O)C6(C(=O)Nc7ccc(F)cc7)CC6)cc5)c4c3)cc2)c(O)cc1O. The molecule has 5 aromatic carbocycles. The van der Waals surface area contributed by atoms with Crippen LogP contribution in [-0.2, 0) is 20.9 Å². The second-order valence-electron chi connectivity index (χ2n) is 16.4. The van der Waals surface area contributed by atoms with Gasteiger partial charge < -0.3 is 41.1 Å². The minimum atomic E-state index is -1.20. The molecule has 6 aromatic rings. The van der Waals surface area contributed by atoms with E-state index in [2.05, 4.69) is 26.3 Å². The number of aromatic hydroxyl groups is 2. The predicted octanol–water partition coefficient (Wildman–Crippen LogP) is 8.87. The highest BCUT2D eigenvalue weighted by Gasteiger charge is 2.56. The molecule has 334 valence electrons. The van der Waals surface area contributed by atoms with Gasteiger partial charge in [-0.1, -0.05) is 26.0 Å². The standard InChI is InChI=1S/C50H49FN6O8/c1-30(2)38-27-40(43(59)28-42(38)58)47(62)57(3)29-31-7-9-32(10-8-31)46(61)53-24-5-4-6-45(60)54-36-17-20-41-39(26-36)44(21-25-52-41)65-37-18-15-35(16-19-37)56-49(64)50(22-23-50)48(63)55-34-13-11-33(51)12-14-34/h7-21,25-28,30,58-59H,4-6,22-24,29H2,1-3H3,(H,53,61)(H,54,60)(H,55,63)(H,56,64). The molecule has 1 aliphatic carbocycles. The lowest BCUT2D eigenvalue weighted by Crippen LogP contribution is -2.35. The first-order valence-electron chi connectivity index (χ1n) is 21.2. The highest BCUT2D eigenvalue weighted by Crippen LogP contribution is 2.47. The van der Waals surface area contributed by atoms with Gasteiger partial charge in [-0.05, 0) is 134 Å². The fraction of sp³-hybridized carbons (Fsp3) is 0.240. The maximum Gasteiger partial charge on any atom is 0.257 e. The highest BCUT2D eigenvalue weighted by molar-refractivity contribution is 6.17. The number of unbranched alkanes of at least 4 members (excludes halogenated alkanes) is 1. The molecule has 1 aromatic heterocycles. The van der Waals surface area contributed by atoms with Crippen molar-refractivity contribution in [3.8, 4) is 23.0 Å². The smallest absolute Gasteiger partial charge is 0.257 e. The first-order chi connectivity index (χ1) is 31.2. The lowest BCUT2D eigenvalue weighted by molar-refractivity contribution is -0.131. The van der Waals surface area contributed by atoms with Gasteiger partial charge in [0.2, 0.25) is 17.7 Å². The average Bonchev–Trinajstić information content (AvgIpc) is 4.11. The predicted molar refractivity (Wildman–Crippen MR) is 244 cm³/mol. The second-order valence-corrected chi connectivity index (χ2v) is 16.4. The summed E-state index contributed by atoms with van der Waals surface area (Å²) in [6.07, 6.45) is 3.75. The molecular weight excluding hydrogens is 832 g/mol. The number of carbonyl (C=O) groups is 5. The van der Waals surface area contributed by atoms with E-state index >= 15 is 0 Å². The van der Waals surface area contributed by atoms with Crippen molar-refractivity contribution in [2.75, 3.05) is 29.5 Å². The largest absolute Gasteiger partial charge is 0.508 e. The Balaban J connectivity index is 0.844. The third-order valence-electron chi connectivity index (χ3n) is 11.1. The number of hydrogen-bond donors (Lipinski definition) is 6. The van der Waals surface area contributed by atoms with Crippen LogP contribution in [0.3, 0.4) is 0 Å². The van der Waals surface area contributed by atoms with Crippen LogP contribution in [0.2, 0.25) is 0 Å². The number of rotatable bonds is 17. The Bertz CT molecular complexity index is 2740. The topological polar surface area (TPSA) is 199 Å². The summed E-state index contributed by atoms with van der Waals surface area (Å²) in [6, 6.07) is 28.6. The molecule has 0 bridgehead atoms. The zero-order valence-electron chi connectivity index (χ0n) is 36.1. The molecule has 65 heavy (non-hydrogen) atoms. The number of phenols is 2. The highest BCUT2D eigenvalue weighted by atomic mass is 19.1. The molecule has 1 fully saturated rings. The number of pyridine rings is 1. The van der Waals surface area contributed by atoms with Crippen LogP contribution in [-0.4, -0.2) is 63.2 Å².